The largest absolute Gasteiger partial charge is 0.354 e. The van der Waals surface area contributed by atoms with E-state index in [4.69, 9.17) is 0 Å². The van der Waals surface area contributed by atoms with Gasteiger partial charge in [0.2, 0.25) is 5.91 Å². The van der Waals surface area contributed by atoms with E-state index in [0.29, 0.717) is 17.8 Å². The molecule has 134 valence electrons. The zero-order chi connectivity index (χ0) is 18.5. The van der Waals surface area contributed by atoms with Crippen LogP contribution in [0.25, 0.3) is 10.8 Å². The van der Waals surface area contributed by atoms with Crippen molar-refractivity contribution in [1.29, 1.82) is 0 Å². The van der Waals surface area contributed by atoms with Gasteiger partial charge in [0, 0.05) is 11.9 Å². The van der Waals surface area contributed by atoms with Gasteiger partial charge >= 0.3 is 0 Å². The minimum absolute atomic E-state index is 0.0735. The molecule has 5 nitrogen and oxygen atoms in total. The summed E-state index contributed by atoms with van der Waals surface area (Å²) < 4.78 is 1.20. The summed E-state index contributed by atoms with van der Waals surface area (Å²) in [4.78, 5) is 24.5. The van der Waals surface area contributed by atoms with Crippen LogP contribution in [0.4, 0.5) is 0 Å². The number of carbonyl (C=O) groups excluding carboxylic acids is 1. The van der Waals surface area contributed by atoms with E-state index in [9.17, 15) is 9.59 Å². The second-order valence-corrected chi connectivity index (χ2v) is 6.69. The first-order chi connectivity index (χ1) is 12.5. The molecule has 0 saturated carbocycles. The Hall–Kier alpha value is -2.95. The first-order valence-electron chi connectivity index (χ1n) is 8.85. The summed E-state index contributed by atoms with van der Waals surface area (Å²) in [5, 5.41) is 8.28. The maximum atomic E-state index is 12.4. The third-order valence-corrected chi connectivity index (χ3v) is 4.44. The van der Waals surface area contributed by atoms with Crippen LogP contribution in [0, 0.1) is 0 Å². The van der Waals surface area contributed by atoms with Crippen molar-refractivity contribution in [2.75, 3.05) is 6.54 Å². The Kier molecular flexibility index (Phi) is 5.46. The van der Waals surface area contributed by atoms with Gasteiger partial charge in [-0.3, -0.25) is 9.59 Å². The molecule has 0 atom stereocenters. The highest BCUT2D eigenvalue weighted by Crippen LogP contribution is 2.14. The van der Waals surface area contributed by atoms with Crippen molar-refractivity contribution in [2.45, 2.75) is 32.7 Å². The molecule has 1 N–H and O–H groups in total. The fraction of sp³-hybridized carbons (Fsp3) is 0.286. The molecule has 0 aliphatic carbocycles. The molecule has 1 aromatic heterocycles. The summed E-state index contributed by atoms with van der Waals surface area (Å²) in [6, 6.07) is 15.7. The fourth-order valence-corrected chi connectivity index (χ4v) is 2.85. The molecule has 0 spiro atoms. The highest BCUT2D eigenvalue weighted by atomic mass is 16.2. The number of amides is 1. The molecule has 0 unspecified atom stereocenters. The van der Waals surface area contributed by atoms with Gasteiger partial charge in [-0.1, -0.05) is 56.3 Å². The minimum atomic E-state index is -0.248. The highest BCUT2D eigenvalue weighted by Gasteiger charge is 2.08. The molecule has 5 heteroatoms. The molecule has 0 fully saturated rings. The van der Waals surface area contributed by atoms with Crippen molar-refractivity contribution in [2.24, 2.45) is 0 Å². The second-order valence-electron chi connectivity index (χ2n) is 6.69. The van der Waals surface area contributed by atoms with Gasteiger partial charge in [0.15, 0.2) is 0 Å². The normalized spacial score (nSPS) is 11.0. The Balaban J connectivity index is 1.56. The smallest absolute Gasteiger partial charge is 0.275 e. The number of carbonyl (C=O) groups is 1. The van der Waals surface area contributed by atoms with Gasteiger partial charge in [0.1, 0.15) is 6.54 Å². The lowest BCUT2D eigenvalue weighted by atomic mass is 10.0. The first kappa shape index (κ1) is 17.9. The molecule has 0 bridgehead atoms. The quantitative estimate of drug-likeness (QED) is 0.744. The number of aromatic nitrogens is 2. The maximum absolute atomic E-state index is 12.4. The van der Waals surface area contributed by atoms with Crippen LogP contribution < -0.4 is 10.9 Å². The number of hydrogen-bond donors (Lipinski definition) is 1. The lowest BCUT2D eigenvalue weighted by molar-refractivity contribution is -0.121. The number of nitrogens with one attached hydrogen (secondary N) is 1. The van der Waals surface area contributed by atoms with Crippen molar-refractivity contribution < 1.29 is 4.79 Å². The summed E-state index contributed by atoms with van der Waals surface area (Å²) in [6.07, 6.45) is 2.37. The van der Waals surface area contributed by atoms with E-state index in [2.05, 4.69) is 48.5 Å². The van der Waals surface area contributed by atoms with Crippen LogP contribution in [0.2, 0.25) is 0 Å². The van der Waals surface area contributed by atoms with Gasteiger partial charge in [-0.25, -0.2) is 4.68 Å². The fourth-order valence-electron chi connectivity index (χ4n) is 2.85. The number of rotatable bonds is 6. The minimum Gasteiger partial charge on any atom is -0.354 e. The van der Waals surface area contributed by atoms with Crippen molar-refractivity contribution in [3.63, 3.8) is 0 Å². The van der Waals surface area contributed by atoms with Crippen LogP contribution >= 0.6 is 0 Å². The standard InChI is InChI=1S/C21H23N3O2/c1-15(2)17-9-7-16(8-10-17)11-12-22-20(25)14-24-21(26)19-6-4-3-5-18(19)13-23-24/h3-10,13,15H,11-12,14H2,1-2H3,(H,22,25). The third-order valence-electron chi connectivity index (χ3n) is 4.44. The number of benzene rings is 2. The molecular formula is C21H23N3O2. The predicted octanol–water partition coefficient (Wildman–Crippen LogP) is 2.88. The average molecular weight is 349 g/mol. The Morgan fingerprint density at radius 1 is 1.12 bits per heavy atom. The topological polar surface area (TPSA) is 64.0 Å². The molecule has 0 aliphatic rings. The zero-order valence-corrected chi connectivity index (χ0v) is 15.1. The van der Waals surface area contributed by atoms with Crippen LogP contribution in [0.3, 0.4) is 0 Å². The average Bonchev–Trinajstić information content (AvgIpc) is 2.65. The van der Waals surface area contributed by atoms with Crippen LogP contribution in [0.15, 0.2) is 59.5 Å². The van der Waals surface area contributed by atoms with Crippen LogP contribution in [0.1, 0.15) is 30.9 Å². The molecule has 26 heavy (non-hydrogen) atoms. The van der Waals surface area contributed by atoms with E-state index in [1.807, 2.05) is 12.1 Å². The van der Waals surface area contributed by atoms with E-state index in [1.165, 1.54) is 15.8 Å². The number of hydrogen-bond acceptors (Lipinski definition) is 3. The molecule has 2 aromatic carbocycles. The maximum Gasteiger partial charge on any atom is 0.275 e. The third kappa shape index (κ3) is 4.17. The van der Waals surface area contributed by atoms with E-state index in [-0.39, 0.29) is 18.0 Å². The first-order valence-corrected chi connectivity index (χ1v) is 8.85. The van der Waals surface area contributed by atoms with Gasteiger partial charge in [-0.05, 0) is 29.5 Å². The van der Waals surface area contributed by atoms with Gasteiger partial charge < -0.3 is 5.32 Å². The summed E-state index contributed by atoms with van der Waals surface area (Å²) >= 11 is 0. The highest BCUT2D eigenvalue weighted by molar-refractivity contribution is 5.81. The lowest BCUT2D eigenvalue weighted by Gasteiger charge is -2.09. The molecule has 1 heterocycles. The van der Waals surface area contributed by atoms with Gasteiger partial charge in [-0.2, -0.15) is 5.10 Å². The van der Waals surface area contributed by atoms with Gasteiger partial charge in [-0.15, -0.1) is 0 Å². The second kappa shape index (κ2) is 7.95. The SMILES string of the molecule is CC(C)c1ccc(CCNC(=O)Cn2ncc3ccccc3c2=O)cc1. The Morgan fingerprint density at radius 2 is 1.85 bits per heavy atom. The van der Waals surface area contributed by atoms with Crippen LogP contribution in [0.5, 0.6) is 0 Å². The van der Waals surface area contributed by atoms with Gasteiger partial charge in [0.25, 0.3) is 5.56 Å². The Bertz CT molecular complexity index is 959. The van der Waals surface area contributed by atoms with Crippen molar-refractivity contribution in [3.8, 4) is 0 Å². The number of fused-ring (bicyclic) bond motifs is 1. The molecule has 3 aromatic rings. The summed E-state index contributed by atoms with van der Waals surface area (Å²) in [6.45, 7) is 4.79. The summed E-state index contributed by atoms with van der Waals surface area (Å²) in [7, 11) is 0. The lowest BCUT2D eigenvalue weighted by Crippen LogP contribution is -2.34. The number of nitrogens with zero attached hydrogens (tertiary/aromatic N) is 2. The molecule has 0 aliphatic heterocycles. The van der Waals surface area contributed by atoms with Gasteiger partial charge in [0.05, 0.1) is 11.6 Å². The molecular weight excluding hydrogens is 326 g/mol. The van der Waals surface area contributed by atoms with Crippen LogP contribution in [-0.4, -0.2) is 22.2 Å². The monoisotopic (exact) mass is 349 g/mol. The summed E-state index contributed by atoms with van der Waals surface area (Å²) in [5.74, 6) is 0.296. The van der Waals surface area contributed by atoms with E-state index in [0.717, 1.165) is 11.8 Å². The predicted molar refractivity (Wildman–Crippen MR) is 103 cm³/mol. The van der Waals surface area contributed by atoms with Crippen molar-refractivity contribution in [1.82, 2.24) is 15.1 Å². The van der Waals surface area contributed by atoms with Crippen molar-refractivity contribution in [3.05, 3.63) is 76.2 Å². The molecule has 0 saturated heterocycles. The molecule has 0 radical (unpaired) electrons. The Labute approximate surface area is 152 Å². The summed E-state index contributed by atoms with van der Waals surface area (Å²) in [5.41, 5.74) is 2.23. The van der Waals surface area contributed by atoms with Crippen LogP contribution in [-0.2, 0) is 17.8 Å². The van der Waals surface area contributed by atoms with Crippen molar-refractivity contribution >= 4 is 16.7 Å². The van der Waals surface area contributed by atoms with E-state index < -0.39 is 0 Å². The van der Waals surface area contributed by atoms with E-state index >= 15 is 0 Å². The molecule has 3 rings (SSSR count). The zero-order valence-electron chi connectivity index (χ0n) is 15.1. The molecule has 1 amide bonds. The Morgan fingerprint density at radius 3 is 2.58 bits per heavy atom. The van der Waals surface area contributed by atoms with E-state index in [1.54, 1.807) is 18.3 Å².